The largest absolute Gasteiger partial charge is 0.480 e. The Kier molecular flexibility index (Phi) is 3.73. The number of nitrogens with two attached hydrogens (primary N) is 1. The third-order valence-corrected chi connectivity index (χ3v) is 2.49. The summed E-state index contributed by atoms with van der Waals surface area (Å²) in [5, 5.41) is 8.45. The first-order chi connectivity index (χ1) is 5.27. The van der Waals surface area contributed by atoms with E-state index in [-0.39, 0.29) is 5.12 Å². The minimum Gasteiger partial charge on any atom is -0.480 e. The highest BCUT2D eigenvalue weighted by atomic mass is 32.2. The van der Waals surface area contributed by atoms with Gasteiger partial charge in [0.1, 0.15) is 6.04 Å². The number of carbonyl (C=O) groups is 2. The molecule has 70 valence electrons. The van der Waals surface area contributed by atoms with Gasteiger partial charge in [-0.1, -0.05) is 11.8 Å². The van der Waals surface area contributed by atoms with Crippen molar-refractivity contribution in [3.05, 3.63) is 0 Å². The fourth-order valence-corrected chi connectivity index (χ4v) is 1.70. The predicted octanol–water partition coefficient (Wildman–Crippen LogP) is 0.457. The number of carboxylic acids is 1. The van der Waals surface area contributed by atoms with Crippen molar-refractivity contribution in [3.8, 4) is 0 Å². The monoisotopic (exact) mass is 191 g/mol. The Hall–Kier alpha value is -0.550. The summed E-state index contributed by atoms with van der Waals surface area (Å²) >= 11 is 0.948. The molecule has 0 fully saturated rings. The van der Waals surface area contributed by atoms with E-state index in [1.807, 2.05) is 0 Å². The van der Waals surface area contributed by atoms with Crippen LogP contribution in [-0.2, 0) is 9.59 Å². The highest BCUT2D eigenvalue weighted by Gasteiger charge is 2.33. The minimum atomic E-state index is -1.09. The number of carbonyl (C=O) groups excluding carboxylic acids is 1. The Morgan fingerprint density at radius 3 is 2.17 bits per heavy atom. The van der Waals surface area contributed by atoms with Crippen molar-refractivity contribution >= 4 is 22.8 Å². The van der Waals surface area contributed by atoms with Crippen LogP contribution in [0.5, 0.6) is 0 Å². The third kappa shape index (κ3) is 3.23. The van der Waals surface area contributed by atoms with E-state index in [1.54, 1.807) is 13.8 Å². The lowest BCUT2D eigenvalue weighted by Gasteiger charge is -2.26. The number of rotatable bonds is 3. The van der Waals surface area contributed by atoms with E-state index in [9.17, 15) is 9.59 Å². The molecule has 0 saturated heterocycles. The molecule has 4 nitrogen and oxygen atoms in total. The van der Waals surface area contributed by atoms with Gasteiger partial charge < -0.3 is 10.8 Å². The molecule has 0 spiro atoms. The molecule has 0 aliphatic rings. The molecule has 0 aliphatic heterocycles. The van der Waals surface area contributed by atoms with Gasteiger partial charge in [-0.2, -0.15) is 0 Å². The van der Waals surface area contributed by atoms with Gasteiger partial charge in [-0.05, 0) is 13.8 Å². The summed E-state index contributed by atoms with van der Waals surface area (Å²) in [5.41, 5.74) is 5.37. The number of carboxylic acid groups (broad SMARTS) is 1. The zero-order valence-electron chi connectivity index (χ0n) is 7.33. The SMILES string of the molecule is CC(=O)SC(C)(C)[C@H](N)C(=O)O. The second kappa shape index (κ2) is 3.91. The normalized spacial score (nSPS) is 14.0. The molecule has 1 atom stereocenters. The average Bonchev–Trinajstić information content (AvgIpc) is 1.82. The van der Waals surface area contributed by atoms with Gasteiger partial charge in [0.25, 0.3) is 0 Å². The topological polar surface area (TPSA) is 80.4 Å². The van der Waals surface area contributed by atoms with Crippen LogP contribution in [0.1, 0.15) is 20.8 Å². The second-order valence-corrected chi connectivity index (χ2v) is 4.84. The van der Waals surface area contributed by atoms with Crippen molar-refractivity contribution in [2.45, 2.75) is 31.6 Å². The van der Waals surface area contributed by atoms with Crippen LogP contribution in [0.3, 0.4) is 0 Å². The van der Waals surface area contributed by atoms with Gasteiger partial charge in [0.15, 0.2) is 5.12 Å². The maximum atomic E-state index is 10.7. The zero-order valence-corrected chi connectivity index (χ0v) is 8.14. The number of hydrogen-bond acceptors (Lipinski definition) is 4. The maximum absolute atomic E-state index is 10.7. The van der Waals surface area contributed by atoms with Gasteiger partial charge in [-0.3, -0.25) is 9.59 Å². The number of thioether (sulfide) groups is 1. The lowest BCUT2D eigenvalue weighted by Crippen LogP contribution is -2.47. The fraction of sp³-hybridized carbons (Fsp3) is 0.714. The van der Waals surface area contributed by atoms with Gasteiger partial charge in [0.05, 0.1) is 0 Å². The first-order valence-electron chi connectivity index (χ1n) is 3.45. The maximum Gasteiger partial charge on any atom is 0.321 e. The molecule has 0 aromatic heterocycles. The summed E-state index contributed by atoms with van der Waals surface area (Å²) in [5.74, 6) is -1.09. The van der Waals surface area contributed by atoms with Gasteiger partial charge in [0, 0.05) is 11.7 Å². The molecule has 0 bridgehead atoms. The van der Waals surface area contributed by atoms with E-state index >= 15 is 0 Å². The fourth-order valence-electron chi connectivity index (χ4n) is 0.731. The Morgan fingerprint density at radius 2 is 1.92 bits per heavy atom. The molecule has 5 heteroatoms. The average molecular weight is 191 g/mol. The summed E-state index contributed by atoms with van der Waals surface area (Å²) < 4.78 is -0.752. The van der Waals surface area contributed by atoms with Crippen LogP contribution >= 0.6 is 11.8 Å². The summed E-state index contributed by atoms with van der Waals surface area (Å²) in [7, 11) is 0. The van der Waals surface area contributed by atoms with E-state index in [0.29, 0.717) is 0 Å². The van der Waals surface area contributed by atoms with Crippen molar-refractivity contribution in [1.82, 2.24) is 0 Å². The molecule has 0 heterocycles. The molecule has 0 radical (unpaired) electrons. The van der Waals surface area contributed by atoms with Crippen molar-refractivity contribution < 1.29 is 14.7 Å². The van der Waals surface area contributed by atoms with Gasteiger partial charge >= 0.3 is 5.97 Å². The van der Waals surface area contributed by atoms with Crippen LogP contribution in [0.15, 0.2) is 0 Å². The Balaban J connectivity index is 4.38. The molecule has 0 unspecified atom stereocenters. The zero-order chi connectivity index (χ0) is 9.94. The molecule has 0 saturated carbocycles. The van der Waals surface area contributed by atoms with E-state index in [4.69, 9.17) is 10.8 Å². The molecule has 0 rings (SSSR count). The molecule has 0 aliphatic carbocycles. The highest BCUT2D eigenvalue weighted by molar-refractivity contribution is 8.14. The minimum absolute atomic E-state index is 0.128. The van der Waals surface area contributed by atoms with Crippen LogP contribution in [0.4, 0.5) is 0 Å². The predicted molar refractivity (Wildman–Crippen MR) is 48.0 cm³/mol. The number of aliphatic carboxylic acids is 1. The smallest absolute Gasteiger partial charge is 0.321 e. The van der Waals surface area contributed by atoms with E-state index in [1.165, 1.54) is 6.92 Å². The second-order valence-electron chi connectivity index (χ2n) is 3.01. The van der Waals surface area contributed by atoms with Crippen molar-refractivity contribution in [3.63, 3.8) is 0 Å². The Morgan fingerprint density at radius 1 is 1.50 bits per heavy atom. The van der Waals surface area contributed by atoms with Crippen LogP contribution in [0.25, 0.3) is 0 Å². The molecular formula is C7H13NO3S. The molecular weight excluding hydrogens is 178 g/mol. The van der Waals surface area contributed by atoms with E-state index < -0.39 is 16.8 Å². The van der Waals surface area contributed by atoms with Crippen LogP contribution < -0.4 is 5.73 Å². The lowest BCUT2D eigenvalue weighted by molar-refractivity contribution is -0.139. The third-order valence-electron chi connectivity index (χ3n) is 1.42. The van der Waals surface area contributed by atoms with Gasteiger partial charge in [-0.15, -0.1) is 0 Å². The summed E-state index contributed by atoms with van der Waals surface area (Å²) in [6.45, 7) is 4.66. The molecule has 12 heavy (non-hydrogen) atoms. The quantitative estimate of drug-likeness (QED) is 0.677. The van der Waals surface area contributed by atoms with Crippen molar-refractivity contribution in [2.75, 3.05) is 0 Å². The van der Waals surface area contributed by atoms with E-state index in [0.717, 1.165) is 11.8 Å². The summed E-state index contributed by atoms with van der Waals surface area (Å²) in [6.07, 6.45) is 0. The van der Waals surface area contributed by atoms with Crippen LogP contribution in [0.2, 0.25) is 0 Å². The molecule has 0 aromatic rings. The van der Waals surface area contributed by atoms with Gasteiger partial charge in [-0.25, -0.2) is 0 Å². The highest BCUT2D eigenvalue weighted by Crippen LogP contribution is 2.27. The van der Waals surface area contributed by atoms with E-state index in [2.05, 4.69) is 0 Å². The summed E-state index contributed by atoms with van der Waals surface area (Å²) in [6, 6.07) is -1.02. The molecule has 3 N–H and O–H groups in total. The Bertz CT molecular complexity index is 203. The lowest BCUT2D eigenvalue weighted by atomic mass is 10.1. The first-order valence-corrected chi connectivity index (χ1v) is 4.27. The van der Waals surface area contributed by atoms with Crippen molar-refractivity contribution in [1.29, 1.82) is 0 Å². The standard InChI is InChI=1S/C7H13NO3S/c1-4(9)12-7(2,3)5(8)6(10)11/h5H,8H2,1-3H3,(H,10,11)/t5-/m1/s1. The molecule has 0 amide bonds. The first kappa shape index (κ1) is 11.4. The van der Waals surface area contributed by atoms with Gasteiger partial charge in [0.2, 0.25) is 0 Å². The van der Waals surface area contributed by atoms with Crippen LogP contribution in [-0.4, -0.2) is 27.0 Å². The van der Waals surface area contributed by atoms with Crippen molar-refractivity contribution in [2.24, 2.45) is 5.73 Å². The Labute approximate surface area is 75.5 Å². The number of hydrogen-bond donors (Lipinski definition) is 2. The summed E-state index contributed by atoms with van der Waals surface area (Å²) in [4.78, 5) is 21.2. The van der Waals surface area contributed by atoms with Crippen LogP contribution in [0, 0.1) is 0 Å². The molecule has 0 aromatic carbocycles.